The molecular formula is C19H22N4OS. The van der Waals surface area contributed by atoms with Crippen LogP contribution in [0.3, 0.4) is 0 Å². The highest BCUT2D eigenvalue weighted by Crippen LogP contribution is 2.28. The van der Waals surface area contributed by atoms with Gasteiger partial charge in [-0.05, 0) is 24.1 Å². The molecule has 0 atom stereocenters. The number of rotatable bonds is 5. The van der Waals surface area contributed by atoms with Crippen LogP contribution in [0.25, 0.3) is 10.9 Å². The SMILES string of the molecule is CCN1CCc2nc(NC(=O)CCn3ccc4ccccc43)sc2C1. The Balaban J connectivity index is 1.37. The molecule has 6 heteroatoms. The number of aryl methyl sites for hydroxylation is 1. The van der Waals surface area contributed by atoms with Crippen molar-refractivity contribution >= 4 is 33.3 Å². The summed E-state index contributed by atoms with van der Waals surface area (Å²) in [4.78, 5) is 20.6. The first kappa shape index (κ1) is 16.3. The van der Waals surface area contributed by atoms with Crippen molar-refractivity contribution in [2.24, 2.45) is 0 Å². The minimum absolute atomic E-state index is 0.0243. The first-order chi connectivity index (χ1) is 12.2. The summed E-state index contributed by atoms with van der Waals surface area (Å²) in [6, 6.07) is 10.3. The zero-order chi connectivity index (χ0) is 17.2. The third-order valence-electron chi connectivity index (χ3n) is 4.76. The van der Waals surface area contributed by atoms with E-state index < -0.39 is 0 Å². The van der Waals surface area contributed by atoms with Gasteiger partial charge >= 0.3 is 0 Å². The monoisotopic (exact) mass is 354 g/mol. The van der Waals surface area contributed by atoms with Gasteiger partial charge in [0.05, 0.1) is 5.69 Å². The minimum atomic E-state index is 0.0243. The molecular weight excluding hydrogens is 332 g/mol. The highest BCUT2D eigenvalue weighted by atomic mass is 32.1. The molecule has 0 bridgehead atoms. The van der Waals surface area contributed by atoms with E-state index in [9.17, 15) is 4.79 Å². The molecule has 4 rings (SSSR count). The van der Waals surface area contributed by atoms with E-state index in [2.05, 4.69) is 44.9 Å². The van der Waals surface area contributed by atoms with E-state index in [1.807, 2.05) is 18.3 Å². The molecule has 3 heterocycles. The summed E-state index contributed by atoms with van der Waals surface area (Å²) < 4.78 is 2.13. The van der Waals surface area contributed by atoms with Gasteiger partial charge in [-0.2, -0.15) is 0 Å². The molecule has 25 heavy (non-hydrogen) atoms. The van der Waals surface area contributed by atoms with Gasteiger partial charge in [-0.1, -0.05) is 25.1 Å². The Labute approximate surface area is 151 Å². The molecule has 1 amide bonds. The predicted octanol–water partition coefficient (Wildman–Crippen LogP) is 3.50. The molecule has 0 aliphatic carbocycles. The van der Waals surface area contributed by atoms with Gasteiger partial charge in [0.1, 0.15) is 0 Å². The topological polar surface area (TPSA) is 50.2 Å². The molecule has 0 saturated carbocycles. The zero-order valence-corrected chi connectivity index (χ0v) is 15.2. The molecule has 3 aromatic rings. The number of hydrogen-bond acceptors (Lipinski definition) is 4. The summed E-state index contributed by atoms with van der Waals surface area (Å²) in [7, 11) is 0. The van der Waals surface area contributed by atoms with Crippen LogP contribution in [0.1, 0.15) is 23.9 Å². The van der Waals surface area contributed by atoms with Gasteiger partial charge in [0, 0.05) is 49.1 Å². The summed E-state index contributed by atoms with van der Waals surface area (Å²) in [5.74, 6) is 0.0243. The van der Waals surface area contributed by atoms with Crippen LogP contribution in [0.2, 0.25) is 0 Å². The predicted molar refractivity (Wildman–Crippen MR) is 102 cm³/mol. The first-order valence-electron chi connectivity index (χ1n) is 8.77. The van der Waals surface area contributed by atoms with Crippen LogP contribution in [0.15, 0.2) is 36.5 Å². The number of nitrogens with zero attached hydrogens (tertiary/aromatic N) is 3. The third-order valence-corrected chi connectivity index (χ3v) is 5.76. The maximum absolute atomic E-state index is 12.3. The summed E-state index contributed by atoms with van der Waals surface area (Å²) in [5.41, 5.74) is 2.32. The van der Waals surface area contributed by atoms with Crippen LogP contribution < -0.4 is 5.32 Å². The number of para-hydroxylation sites is 1. The van der Waals surface area contributed by atoms with E-state index in [1.165, 1.54) is 15.8 Å². The molecule has 0 radical (unpaired) electrons. The van der Waals surface area contributed by atoms with Crippen molar-refractivity contribution in [2.75, 3.05) is 18.4 Å². The van der Waals surface area contributed by atoms with Crippen LogP contribution in [0.4, 0.5) is 5.13 Å². The summed E-state index contributed by atoms with van der Waals surface area (Å²) in [5, 5.41) is 4.92. The number of likely N-dealkylation sites (N-methyl/N-ethyl adjacent to an activating group) is 1. The number of carbonyl (C=O) groups excluding carboxylic acids is 1. The molecule has 0 saturated heterocycles. The summed E-state index contributed by atoms with van der Waals surface area (Å²) in [6.07, 6.45) is 3.47. The highest BCUT2D eigenvalue weighted by Gasteiger charge is 2.20. The number of carbonyl (C=O) groups is 1. The Kier molecular flexibility index (Phi) is 4.55. The van der Waals surface area contributed by atoms with Gasteiger partial charge in [0.25, 0.3) is 0 Å². The van der Waals surface area contributed by atoms with Crippen LogP contribution in [-0.4, -0.2) is 33.4 Å². The number of hydrogen-bond donors (Lipinski definition) is 1. The lowest BCUT2D eigenvalue weighted by Gasteiger charge is -2.23. The fraction of sp³-hybridized carbons (Fsp3) is 0.368. The Morgan fingerprint density at radius 3 is 3.08 bits per heavy atom. The average Bonchev–Trinajstić information content (AvgIpc) is 3.22. The summed E-state index contributed by atoms with van der Waals surface area (Å²) in [6.45, 7) is 5.92. The number of anilines is 1. The summed E-state index contributed by atoms with van der Waals surface area (Å²) >= 11 is 1.62. The van der Waals surface area contributed by atoms with Crippen molar-refractivity contribution in [1.82, 2.24) is 14.5 Å². The van der Waals surface area contributed by atoms with Crippen LogP contribution in [-0.2, 0) is 24.3 Å². The van der Waals surface area contributed by atoms with Crippen molar-refractivity contribution in [3.63, 3.8) is 0 Å². The molecule has 0 spiro atoms. The number of amides is 1. The Morgan fingerprint density at radius 1 is 1.32 bits per heavy atom. The largest absolute Gasteiger partial charge is 0.347 e. The standard InChI is InChI=1S/C19H22N4OS/c1-2-22-10-8-15-17(13-22)25-19(20-15)21-18(24)9-12-23-11-7-14-5-3-4-6-16(14)23/h3-7,11H,2,8-10,12-13H2,1H3,(H,20,21,24). The molecule has 2 aromatic heterocycles. The lowest BCUT2D eigenvalue weighted by molar-refractivity contribution is -0.116. The molecule has 1 N–H and O–H groups in total. The molecule has 5 nitrogen and oxygen atoms in total. The van der Waals surface area contributed by atoms with Crippen molar-refractivity contribution in [1.29, 1.82) is 0 Å². The van der Waals surface area contributed by atoms with Crippen LogP contribution in [0, 0.1) is 0 Å². The fourth-order valence-corrected chi connectivity index (χ4v) is 4.38. The normalized spacial score (nSPS) is 14.6. The second-order valence-corrected chi connectivity index (χ2v) is 7.46. The van der Waals surface area contributed by atoms with Gasteiger partial charge in [-0.25, -0.2) is 4.98 Å². The van der Waals surface area contributed by atoms with E-state index in [-0.39, 0.29) is 5.91 Å². The first-order valence-corrected chi connectivity index (χ1v) is 9.59. The second kappa shape index (κ2) is 6.98. The Hall–Kier alpha value is -2.18. The number of thiazole rings is 1. The second-order valence-electron chi connectivity index (χ2n) is 6.37. The van der Waals surface area contributed by atoms with E-state index in [0.717, 1.165) is 36.9 Å². The fourth-order valence-electron chi connectivity index (χ4n) is 3.31. The third kappa shape index (κ3) is 3.45. The lowest BCUT2D eigenvalue weighted by Crippen LogP contribution is -2.29. The average molecular weight is 354 g/mol. The zero-order valence-electron chi connectivity index (χ0n) is 14.4. The molecule has 0 unspecified atom stereocenters. The molecule has 1 aromatic carbocycles. The van der Waals surface area contributed by atoms with E-state index >= 15 is 0 Å². The Morgan fingerprint density at radius 2 is 2.20 bits per heavy atom. The van der Waals surface area contributed by atoms with Gasteiger partial charge < -0.3 is 9.88 Å². The van der Waals surface area contributed by atoms with E-state index in [0.29, 0.717) is 13.0 Å². The van der Waals surface area contributed by atoms with Gasteiger partial charge in [0.15, 0.2) is 5.13 Å². The van der Waals surface area contributed by atoms with Gasteiger partial charge in [-0.3, -0.25) is 9.69 Å². The number of nitrogens with one attached hydrogen (secondary N) is 1. The van der Waals surface area contributed by atoms with E-state index in [1.54, 1.807) is 11.3 Å². The molecule has 1 aliphatic heterocycles. The van der Waals surface area contributed by atoms with Crippen molar-refractivity contribution in [3.8, 4) is 0 Å². The Bertz CT molecular complexity index is 898. The van der Waals surface area contributed by atoms with Gasteiger partial charge in [-0.15, -0.1) is 11.3 Å². The molecule has 1 aliphatic rings. The quantitative estimate of drug-likeness (QED) is 0.763. The van der Waals surface area contributed by atoms with Gasteiger partial charge in [0.2, 0.25) is 5.91 Å². The van der Waals surface area contributed by atoms with Crippen molar-refractivity contribution in [2.45, 2.75) is 32.9 Å². The maximum atomic E-state index is 12.3. The molecule has 0 fully saturated rings. The smallest absolute Gasteiger partial charge is 0.227 e. The van der Waals surface area contributed by atoms with Crippen molar-refractivity contribution in [3.05, 3.63) is 47.1 Å². The highest BCUT2D eigenvalue weighted by molar-refractivity contribution is 7.15. The van der Waals surface area contributed by atoms with Crippen molar-refractivity contribution < 1.29 is 4.79 Å². The number of benzene rings is 1. The van der Waals surface area contributed by atoms with E-state index in [4.69, 9.17) is 0 Å². The lowest BCUT2D eigenvalue weighted by atomic mass is 10.2. The minimum Gasteiger partial charge on any atom is -0.347 e. The molecule has 130 valence electrons. The number of aromatic nitrogens is 2. The van der Waals surface area contributed by atoms with Crippen LogP contribution >= 0.6 is 11.3 Å². The van der Waals surface area contributed by atoms with Crippen LogP contribution in [0.5, 0.6) is 0 Å². The number of fused-ring (bicyclic) bond motifs is 2. The maximum Gasteiger partial charge on any atom is 0.227 e.